The Hall–Kier alpha value is -7.66. The second-order valence-electron chi connectivity index (χ2n) is 20.4. The normalized spacial score (nSPS) is 10.2. The van der Waals surface area contributed by atoms with Gasteiger partial charge in [0, 0.05) is 193 Å². The predicted molar refractivity (Wildman–Crippen MR) is 344 cm³/mol. The van der Waals surface area contributed by atoms with E-state index in [0.29, 0.717) is 27.7 Å². The van der Waals surface area contributed by atoms with Crippen molar-refractivity contribution in [3.8, 4) is 55.6 Å². The molecule has 0 atom stereocenters. The second kappa shape index (κ2) is 35.6. The van der Waals surface area contributed by atoms with Crippen LogP contribution in [0.4, 0.5) is 22.0 Å². The molecular weight excluding hydrogens is 2080 g/mol. The molecule has 0 saturated carbocycles. The molecule has 0 spiro atoms. The van der Waals surface area contributed by atoms with Crippen molar-refractivity contribution in [1.29, 1.82) is 0 Å². The molecule has 5 heterocycles. The minimum atomic E-state index is -0.710. The third kappa shape index (κ3) is 18.6. The number of halogens is 5. The first-order chi connectivity index (χ1) is 42.9. The van der Waals surface area contributed by atoms with Crippen molar-refractivity contribution in [3.05, 3.63) is 332 Å². The van der Waals surface area contributed by atoms with Gasteiger partial charge < -0.3 is 0 Å². The van der Waals surface area contributed by atoms with E-state index in [1.165, 1.54) is 45.7 Å². The smallest absolute Gasteiger partial charge is 0.0445 e. The maximum atomic E-state index is 13.8. The fourth-order valence-corrected chi connectivity index (χ4v) is 10.2. The van der Waals surface area contributed by atoms with Gasteiger partial charge in [-0.25, -0.2) is 8.78 Å². The van der Waals surface area contributed by atoms with Crippen LogP contribution in [-0.2, 0) is 105 Å². The number of fused-ring (bicyclic) bond motifs is 5. The van der Waals surface area contributed by atoms with Crippen LogP contribution in [0.2, 0.25) is 0 Å². The van der Waals surface area contributed by atoms with Crippen molar-refractivity contribution in [3.63, 3.8) is 0 Å². The molecule has 15 heteroatoms. The topological polar surface area (TPSA) is 64.5 Å². The van der Waals surface area contributed by atoms with E-state index in [-0.39, 0.29) is 117 Å². The molecule has 0 amide bonds. The molecule has 0 bridgehead atoms. The van der Waals surface area contributed by atoms with Gasteiger partial charge >= 0.3 is 0 Å². The molecule has 10 aromatic carbocycles. The van der Waals surface area contributed by atoms with Crippen LogP contribution >= 0.6 is 0 Å². The van der Waals surface area contributed by atoms with Crippen LogP contribution in [0.3, 0.4) is 0 Å². The van der Waals surface area contributed by atoms with Crippen molar-refractivity contribution in [2.75, 3.05) is 0 Å². The molecule has 15 rings (SSSR count). The number of rotatable bonds is 5. The van der Waals surface area contributed by atoms with Gasteiger partial charge in [-0.1, -0.05) is 182 Å². The number of aryl methyl sites for hydroxylation is 3. The maximum Gasteiger partial charge on any atom is 0.0445 e. The van der Waals surface area contributed by atoms with E-state index in [4.69, 9.17) is 0 Å². The summed E-state index contributed by atoms with van der Waals surface area (Å²) in [6.07, 6.45) is 8.74. The zero-order valence-electron chi connectivity index (χ0n) is 49.5. The van der Waals surface area contributed by atoms with Crippen molar-refractivity contribution in [1.82, 2.24) is 24.9 Å². The third-order valence-electron chi connectivity index (χ3n) is 14.3. The molecule has 0 aliphatic carbocycles. The molecule has 0 unspecified atom stereocenters. The van der Waals surface area contributed by atoms with Gasteiger partial charge in [0.05, 0.1) is 0 Å². The Morgan fingerprint density at radius 2 is 0.656 bits per heavy atom. The number of pyridine rings is 5. The molecule has 5 aromatic heterocycles. The molecule has 93 heavy (non-hydrogen) atoms. The minimum absolute atomic E-state index is 0. The molecule has 5 nitrogen and oxygen atoms in total. The van der Waals surface area contributed by atoms with Crippen LogP contribution in [0.1, 0.15) is 16.7 Å². The van der Waals surface area contributed by atoms with E-state index in [1.807, 2.05) is 116 Å². The van der Waals surface area contributed by atoms with Crippen LogP contribution < -0.4 is 0 Å². The summed E-state index contributed by atoms with van der Waals surface area (Å²) in [5, 5.41) is 5.24. The Balaban J connectivity index is 0.000000182. The maximum absolute atomic E-state index is 13.8. The first-order valence-corrected chi connectivity index (χ1v) is 28.0. The van der Waals surface area contributed by atoms with E-state index < -0.39 is 23.3 Å². The van der Waals surface area contributed by atoms with Gasteiger partial charge in [-0.3, -0.25) is 38.1 Å². The Morgan fingerprint density at radius 1 is 0.290 bits per heavy atom. The quantitative estimate of drug-likeness (QED) is 0.127. The first kappa shape index (κ1) is 74.4. The van der Waals surface area contributed by atoms with Crippen LogP contribution in [0.15, 0.2) is 255 Å². The van der Waals surface area contributed by atoms with Gasteiger partial charge in [-0.05, 0) is 57.3 Å². The largest absolute Gasteiger partial charge is 0.266 e. The molecule has 15 aromatic rings. The predicted octanol–water partition coefficient (Wildman–Crippen LogP) is 20.1. The zero-order chi connectivity index (χ0) is 60.9. The summed E-state index contributed by atoms with van der Waals surface area (Å²) < 4.78 is 66.0. The van der Waals surface area contributed by atoms with E-state index in [9.17, 15) is 22.0 Å². The summed E-state index contributed by atoms with van der Waals surface area (Å²) in [5.74, 6) is -2.87. The van der Waals surface area contributed by atoms with Crippen LogP contribution in [-0.4, -0.2) is 24.9 Å². The molecule has 0 saturated heterocycles. The monoisotopic (exact) mass is 2130 g/mol. The van der Waals surface area contributed by atoms with Crippen molar-refractivity contribution in [2.45, 2.75) is 20.8 Å². The van der Waals surface area contributed by atoms with Crippen LogP contribution in [0.25, 0.3) is 110 Å². The standard InChI is InChI=1S/C17H14N.C16H12N.2C15H8F2N.C15H9FN.5Pt/c1-12-8-9-15(13(2)11-12)16-7-3-5-14-6-4-10-18-17(14)16;1-12-7-9-13(10-8-12)15-6-2-4-14-5-3-11-17-16(14)15;16-11-6-7-12(14(17)9-11)13-5-1-3-10-4-2-8-18-15(10)13;16-12-7-11(8-13(17)9-12)14-5-1-3-10-4-2-6-18-15(10)14;16-13-8-6-11(7-9-13)14-5-1-3-12-4-2-10-17-15(12)14;;;;;/h3-8,10-11H,1-2H3;2-9,11H,1H3;1-6,8-9H;1-7,9H;1-6,8-10H;;;;;/q5*-1;;;;;. The van der Waals surface area contributed by atoms with Crippen LogP contribution in [0, 0.1) is 80.2 Å². The average molecular weight is 2130 g/mol. The molecular formula is C78H51F5N5Pt5-5. The average Bonchev–Trinajstić information content (AvgIpc) is 0.930. The fourth-order valence-electron chi connectivity index (χ4n) is 10.2. The van der Waals surface area contributed by atoms with Gasteiger partial charge in [-0.2, -0.15) is 0 Å². The zero-order valence-corrected chi connectivity index (χ0v) is 60.8. The second-order valence-corrected chi connectivity index (χ2v) is 20.4. The fraction of sp³-hybridized carbons (Fsp3) is 0.0385. The van der Waals surface area contributed by atoms with Crippen molar-refractivity contribution in [2.24, 2.45) is 0 Å². The molecule has 0 fully saturated rings. The Labute approximate surface area is 608 Å². The number of hydrogen-bond acceptors (Lipinski definition) is 5. The molecule has 0 aliphatic rings. The number of para-hydroxylation sites is 5. The summed E-state index contributed by atoms with van der Waals surface area (Å²) in [4.78, 5) is 21.8. The van der Waals surface area contributed by atoms with E-state index in [2.05, 4.69) is 143 Å². The number of nitrogens with zero attached hydrogens (tertiary/aromatic N) is 5. The summed E-state index contributed by atoms with van der Waals surface area (Å²) in [6, 6.07) is 82.6. The minimum Gasteiger partial charge on any atom is -0.266 e. The summed E-state index contributed by atoms with van der Waals surface area (Å²) >= 11 is 0. The SMILES string of the molecule is Cc1c[c-]c(-c2cccc3cccnc23)c(C)c1.Cc1c[c-]c(-c2cccc3cccnc23)cc1.Fc1[c-]c(-c2cccc3cccnc23)cc(F)c1.Fc1c[c-]c(-c2cccc3cccnc23)c(F)c1.Fc1c[c-]c(-c2cccc3cccnc23)cc1.[Pt].[Pt].[Pt].[Pt].[Pt]. The van der Waals surface area contributed by atoms with E-state index in [1.54, 1.807) is 36.8 Å². The number of benzene rings is 10. The first-order valence-electron chi connectivity index (χ1n) is 28.0. The molecule has 0 radical (unpaired) electrons. The summed E-state index contributed by atoms with van der Waals surface area (Å²) in [6.45, 7) is 6.29. The summed E-state index contributed by atoms with van der Waals surface area (Å²) in [7, 11) is 0. The Kier molecular flexibility index (Phi) is 28.4. The molecule has 0 aliphatic heterocycles. The van der Waals surface area contributed by atoms with E-state index in [0.717, 1.165) is 84.3 Å². The van der Waals surface area contributed by atoms with Gasteiger partial charge in [0.25, 0.3) is 0 Å². The van der Waals surface area contributed by atoms with E-state index >= 15 is 0 Å². The summed E-state index contributed by atoms with van der Waals surface area (Å²) in [5.41, 5.74) is 16.4. The number of aromatic nitrogens is 5. The number of hydrogen-bond donors (Lipinski definition) is 0. The van der Waals surface area contributed by atoms with Gasteiger partial charge in [-0.15, -0.1) is 136 Å². The van der Waals surface area contributed by atoms with Crippen molar-refractivity contribution < 1.29 is 127 Å². The third-order valence-corrected chi connectivity index (χ3v) is 14.3. The Bertz CT molecular complexity index is 4650. The molecule has 478 valence electrons. The van der Waals surface area contributed by atoms with Gasteiger partial charge in [0.15, 0.2) is 0 Å². The molecule has 0 N–H and O–H groups in total. The van der Waals surface area contributed by atoms with Gasteiger partial charge in [0.1, 0.15) is 0 Å². The Morgan fingerprint density at radius 3 is 1.05 bits per heavy atom. The van der Waals surface area contributed by atoms with Crippen molar-refractivity contribution >= 4 is 54.5 Å². The van der Waals surface area contributed by atoms with Crippen LogP contribution in [0.5, 0.6) is 0 Å². The van der Waals surface area contributed by atoms with Gasteiger partial charge in [0.2, 0.25) is 0 Å².